The lowest BCUT2D eigenvalue weighted by atomic mass is 10.1. The molecule has 0 saturated carbocycles. The van der Waals surface area contributed by atoms with Crippen LogP contribution in [0.25, 0.3) is 16.8 Å². The van der Waals surface area contributed by atoms with E-state index in [9.17, 15) is 32.3 Å². The van der Waals surface area contributed by atoms with Crippen molar-refractivity contribution in [1.29, 1.82) is 0 Å². The van der Waals surface area contributed by atoms with Crippen LogP contribution in [-0.4, -0.2) is 85.6 Å². The van der Waals surface area contributed by atoms with Crippen LogP contribution >= 0.6 is 0 Å². The number of aliphatic hydroxyl groups is 1. The first-order valence-corrected chi connectivity index (χ1v) is 12.0. The first-order chi connectivity index (χ1) is 19.3. The Morgan fingerprint density at radius 3 is 2.56 bits per heavy atom. The SMILES string of the molecule is COc1ncc(-c2c(C3NNNN3)cc3c(N)ncnn23)cc1C(=O)N[C@@H]1CN(C(=O)[C@@](C)(O)C(F)(F)F)C[C@@H]1F. The zero-order chi connectivity index (χ0) is 29.7. The Morgan fingerprint density at radius 2 is 1.90 bits per heavy atom. The van der Waals surface area contributed by atoms with E-state index in [-0.39, 0.29) is 24.2 Å². The second-order valence-electron chi connectivity index (χ2n) is 9.52. The largest absolute Gasteiger partial charge is 0.480 e. The Morgan fingerprint density at radius 1 is 1.20 bits per heavy atom. The molecular weight excluding hydrogens is 558 g/mol. The summed E-state index contributed by atoms with van der Waals surface area (Å²) < 4.78 is 60.9. The number of anilines is 1. The summed E-state index contributed by atoms with van der Waals surface area (Å²) in [4.78, 5) is 34.3. The second-order valence-corrected chi connectivity index (χ2v) is 9.52. The van der Waals surface area contributed by atoms with E-state index in [1.807, 2.05) is 0 Å². The second kappa shape index (κ2) is 10.3. The number of aromatic nitrogens is 4. The first kappa shape index (κ1) is 28.4. The summed E-state index contributed by atoms with van der Waals surface area (Å²) in [5.74, 6) is -2.52. The molecule has 2 saturated heterocycles. The number of nitrogens with one attached hydrogen (secondary N) is 5. The minimum absolute atomic E-state index is 0.121. The summed E-state index contributed by atoms with van der Waals surface area (Å²) in [6, 6.07) is 1.77. The quantitative estimate of drug-likeness (QED) is 0.177. The molecule has 0 radical (unpaired) electrons. The lowest BCUT2D eigenvalue weighted by Gasteiger charge is -2.29. The summed E-state index contributed by atoms with van der Waals surface area (Å²) in [5, 5.41) is 16.4. The Labute approximate surface area is 228 Å². The van der Waals surface area contributed by atoms with Gasteiger partial charge in [0, 0.05) is 23.9 Å². The van der Waals surface area contributed by atoms with Gasteiger partial charge in [0.25, 0.3) is 11.8 Å². The highest BCUT2D eigenvalue weighted by molar-refractivity contribution is 5.98. The van der Waals surface area contributed by atoms with Crippen LogP contribution in [0.1, 0.15) is 29.0 Å². The molecule has 8 N–H and O–H groups in total. The van der Waals surface area contributed by atoms with Crippen molar-refractivity contribution in [3.8, 4) is 17.1 Å². The van der Waals surface area contributed by atoms with Gasteiger partial charge in [-0.1, -0.05) is 0 Å². The van der Waals surface area contributed by atoms with Crippen LogP contribution in [0.5, 0.6) is 5.88 Å². The van der Waals surface area contributed by atoms with E-state index >= 15 is 0 Å². The molecule has 15 nitrogen and oxygen atoms in total. The number of likely N-dealkylation sites (tertiary alicyclic amines) is 1. The van der Waals surface area contributed by atoms with E-state index in [0.717, 1.165) is 0 Å². The zero-order valence-electron chi connectivity index (χ0n) is 21.5. The molecule has 2 fully saturated rings. The number of rotatable bonds is 6. The van der Waals surface area contributed by atoms with Gasteiger partial charge in [-0.25, -0.2) is 29.7 Å². The molecule has 2 aliphatic rings. The molecule has 5 rings (SSSR count). The van der Waals surface area contributed by atoms with Crippen molar-refractivity contribution in [3.05, 3.63) is 35.8 Å². The maximum absolute atomic E-state index is 14.8. The fourth-order valence-electron chi connectivity index (χ4n) is 4.59. The molecule has 41 heavy (non-hydrogen) atoms. The summed E-state index contributed by atoms with van der Waals surface area (Å²) >= 11 is 0. The molecular formula is C22H25F4N11O4. The highest BCUT2D eigenvalue weighted by Gasteiger charge is 2.58. The van der Waals surface area contributed by atoms with Crippen LogP contribution < -0.4 is 37.7 Å². The van der Waals surface area contributed by atoms with E-state index in [1.54, 1.807) is 6.07 Å². The van der Waals surface area contributed by atoms with Gasteiger partial charge in [0.2, 0.25) is 11.5 Å². The third-order valence-corrected chi connectivity index (χ3v) is 6.82. The number of halogens is 4. The summed E-state index contributed by atoms with van der Waals surface area (Å²) in [5.41, 5.74) is 15.4. The summed E-state index contributed by atoms with van der Waals surface area (Å²) in [7, 11) is 1.27. The minimum Gasteiger partial charge on any atom is -0.480 e. The smallest absolute Gasteiger partial charge is 0.426 e. The normalized spacial score (nSPS) is 21.3. The standard InChI is InChI=1S/C22H25F4N11O4/c1-21(40,22(24,25)26)20(39)36-6-12(23)13(7-36)31-18(38)11-3-9(5-28-19(11)41-2)15-10(17-32-34-35-33-17)4-14-16(27)29-8-30-37(14)15/h3-5,8,12-13,17,32-35,40H,6-7H2,1-2H3,(H,31,38)(H2,27,29,30)/t12-,13+,21+/m0/s1. The third kappa shape index (κ3) is 4.97. The maximum atomic E-state index is 14.8. The molecule has 3 aromatic heterocycles. The van der Waals surface area contributed by atoms with E-state index < -0.39 is 55.1 Å². The number of amides is 2. The molecule has 0 unspecified atom stereocenters. The van der Waals surface area contributed by atoms with Crippen molar-refractivity contribution in [2.75, 3.05) is 25.9 Å². The number of fused-ring (bicyclic) bond motifs is 1. The monoisotopic (exact) mass is 583 g/mol. The van der Waals surface area contributed by atoms with Gasteiger partial charge in [0.1, 0.15) is 29.7 Å². The van der Waals surface area contributed by atoms with Crippen molar-refractivity contribution < 1.29 is 37.0 Å². The van der Waals surface area contributed by atoms with E-state index in [1.165, 1.54) is 30.2 Å². The number of pyridine rings is 1. The number of ether oxygens (including phenoxy) is 1. The van der Waals surface area contributed by atoms with Crippen LogP contribution in [0.15, 0.2) is 24.7 Å². The summed E-state index contributed by atoms with van der Waals surface area (Å²) in [6.07, 6.45) is -5.01. The molecule has 0 aromatic carbocycles. The van der Waals surface area contributed by atoms with Crippen molar-refractivity contribution in [1.82, 2.24) is 51.7 Å². The fraction of sp³-hybridized carbons (Fsp3) is 0.409. The van der Waals surface area contributed by atoms with E-state index in [4.69, 9.17) is 10.5 Å². The molecule has 19 heteroatoms. The molecule has 220 valence electrons. The van der Waals surface area contributed by atoms with Crippen molar-refractivity contribution >= 4 is 23.1 Å². The highest BCUT2D eigenvalue weighted by atomic mass is 19.4. The van der Waals surface area contributed by atoms with Crippen molar-refractivity contribution in [3.63, 3.8) is 0 Å². The number of nitrogens with zero attached hydrogens (tertiary/aromatic N) is 5. The zero-order valence-corrected chi connectivity index (χ0v) is 21.5. The van der Waals surface area contributed by atoms with Crippen molar-refractivity contribution in [2.24, 2.45) is 0 Å². The number of hydrazine groups is 3. The van der Waals surface area contributed by atoms with Gasteiger partial charge < -0.3 is 25.8 Å². The van der Waals surface area contributed by atoms with Crippen LogP contribution in [0.4, 0.5) is 23.4 Å². The molecule has 3 aromatic rings. The molecule has 5 heterocycles. The average molecular weight is 584 g/mol. The highest BCUT2D eigenvalue weighted by Crippen LogP contribution is 2.35. The number of carbonyl (C=O) groups is 2. The van der Waals surface area contributed by atoms with Gasteiger partial charge in [-0.15, -0.1) is 0 Å². The molecule has 0 aliphatic carbocycles. The molecule has 2 aliphatic heterocycles. The number of hydrogen-bond donors (Lipinski definition) is 7. The molecule has 0 bridgehead atoms. The number of nitrogens with two attached hydrogens (primary N) is 1. The van der Waals surface area contributed by atoms with E-state index in [2.05, 4.69) is 42.3 Å². The predicted molar refractivity (Wildman–Crippen MR) is 132 cm³/mol. The Hall–Kier alpha value is -4.17. The van der Waals surface area contributed by atoms with Crippen LogP contribution in [-0.2, 0) is 4.79 Å². The van der Waals surface area contributed by atoms with Gasteiger partial charge in [-0.3, -0.25) is 9.59 Å². The number of alkyl halides is 4. The number of nitrogen functional groups attached to an aromatic ring is 1. The van der Waals surface area contributed by atoms with E-state index in [0.29, 0.717) is 27.2 Å². The number of methoxy groups -OCH3 is 1. The Kier molecular flexibility index (Phi) is 7.15. The van der Waals surface area contributed by atoms with Crippen LogP contribution in [0.2, 0.25) is 0 Å². The average Bonchev–Trinajstić information content (AvgIpc) is 3.67. The Bertz CT molecular complexity index is 1490. The Balaban J connectivity index is 1.45. The van der Waals surface area contributed by atoms with Gasteiger partial charge in [-0.2, -0.15) is 29.3 Å². The molecule has 2 amide bonds. The maximum Gasteiger partial charge on any atom is 0.426 e. The van der Waals surface area contributed by atoms with Crippen LogP contribution in [0, 0.1) is 0 Å². The minimum atomic E-state index is -5.27. The fourth-order valence-corrected chi connectivity index (χ4v) is 4.59. The third-order valence-electron chi connectivity index (χ3n) is 6.82. The van der Waals surface area contributed by atoms with Gasteiger partial charge in [-0.05, 0) is 19.1 Å². The lowest BCUT2D eigenvalue weighted by Crippen LogP contribution is -2.56. The van der Waals surface area contributed by atoms with Crippen molar-refractivity contribution in [2.45, 2.75) is 37.1 Å². The predicted octanol–water partition coefficient (Wildman–Crippen LogP) is -0.910. The molecule has 0 spiro atoms. The number of carbonyl (C=O) groups excluding carboxylic acids is 2. The first-order valence-electron chi connectivity index (χ1n) is 12.0. The topological polar surface area (TPSA) is 196 Å². The lowest BCUT2D eigenvalue weighted by molar-refractivity contribution is -0.249. The summed E-state index contributed by atoms with van der Waals surface area (Å²) in [6.45, 7) is -1.07. The number of hydrogen-bond acceptors (Lipinski definition) is 12. The van der Waals surface area contributed by atoms with Gasteiger partial charge in [0.15, 0.2) is 5.82 Å². The molecule has 3 atom stereocenters. The van der Waals surface area contributed by atoms with Gasteiger partial charge >= 0.3 is 6.18 Å². The van der Waals surface area contributed by atoms with Gasteiger partial charge in [0.05, 0.1) is 25.4 Å². The van der Waals surface area contributed by atoms with Crippen LogP contribution in [0.3, 0.4) is 0 Å².